The zero-order valence-corrected chi connectivity index (χ0v) is 40.8. The van der Waals surface area contributed by atoms with E-state index in [1.165, 1.54) is 117 Å². The molecule has 14 rings (SSSR count). The third-order valence-corrected chi connectivity index (χ3v) is 16.0. The van der Waals surface area contributed by atoms with Gasteiger partial charge in [-0.1, -0.05) is 201 Å². The molecular weight excluding hydrogens is 901 g/mol. The molecule has 0 fully saturated rings. The van der Waals surface area contributed by atoms with Crippen LogP contribution in [0.4, 0.5) is 0 Å². The molecule has 0 N–H and O–H groups in total. The molecule has 3 aliphatic rings. The van der Waals surface area contributed by atoms with Crippen molar-refractivity contribution in [3.63, 3.8) is 0 Å². The number of rotatable bonds is 4. The lowest BCUT2D eigenvalue weighted by Gasteiger charge is -2.21. The van der Waals surface area contributed by atoms with E-state index in [-0.39, 0.29) is 16.9 Å². The molecule has 0 radical (unpaired) electrons. The molecule has 0 aliphatic heterocycles. The first kappa shape index (κ1) is 41.6. The van der Waals surface area contributed by atoms with Crippen LogP contribution in [-0.2, 0) is 10.8 Å². The van der Waals surface area contributed by atoms with E-state index in [4.69, 9.17) is 0 Å². The highest BCUT2D eigenvalue weighted by Gasteiger charge is 2.41. The van der Waals surface area contributed by atoms with Gasteiger partial charge in [-0.3, -0.25) is 0 Å². The number of fused-ring (bicyclic) bond motifs is 12. The summed E-state index contributed by atoms with van der Waals surface area (Å²) in [5.41, 5.74) is 25.0. The Morgan fingerprint density at radius 3 is 1.70 bits per heavy atom. The molecule has 0 bridgehead atoms. The lowest BCUT2D eigenvalue weighted by atomic mass is 9.82. The van der Waals surface area contributed by atoms with Crippen LogP contribution in [0.1, 0.15) is 67.1 Å². The third-order valence-electron chi connectivity index (χ3n) is 15.5. The molecule has 1 unspecified atom stereocenters. The minimum atomic E-state index is -0.0593. The summed E-state index contributed by atoms with van der Waals surface area (Å²) in [6.07, 6.45) is 4.72. The Bertz CT molecular complexity index is 3850. The number of halogens is 1. The van der Waals surface area contributed by atoms with Gasteiger partial charge >= 0.3 is 0 Å². The van der Waals surface area contributed by atoms with E-state index in [0.29, 0.717) is 0 Å². The quantitative estimate of drug-likeness (QED) is 0.155. The number of nitrogens with zero attached hydrogens (tertiary/aromatic N) is 2. The summed E-state index contributed by atoms with van der Waals surface area (Å²) in [6.45, 7) is 9.32. The second-order valence-corrected chi connectivity index (χ2v) is 21.0. The van der Waals surface area contributed by atoms with Crippen LogP contribution >= 0.6 is 15.9 Å². The van der Waals surface area contributed by atoms with Crippen LogP contribution in [0.2, 0.25) is 0 Å². The highest BCUT2D eigenvalue weighted by molar-refractivity contribution is 9.10. The standard InChI is InChI=1S/C51H37N2.C15H13Br/c1-51(2)46-18-10-8-15-40(46)41-28-29-52(32-47(41)51)50-43-17-7-6-14-38(43)39-26-22-35(31-45(39)50)36-23-27-49-44(30-36)42-16-9-11-19-48(42)53(49)37-24-20-34(21-25-37)33-12-4-3-5-13-33;1-15(2)13-6-4-3-5-11(13)12-8-7-10(16)9-14(12)15/h3-32,50H,1-2H3;3-9H,1-2H3/q+1;. The number of hydrogen-bond acceptors (Lipinski definition) is 0. The average molecular weight is 951 g/mol. The van der Waals surface area contributed by atoms with Crippen molar-refractivity contribution in [2.75, 3.05) is 0 Å². The highest BCUT2D eigenvalue weighted by Crippen LogP contribution is 2.51. The van der Waals surface area contributed by atoms with Crippen LogP contribution in [0.5, 0.6) is 0 Å². The van der Waals surface area contributed by atoms with Crippen molar-refractivity contribution in [3.8, 4) is 61.3 Å². The minimum absolute atomic E-state index is 0.0593. The van der Waals surface area contributed by atoms with Gasteiger partial charge in [-0.15, -0.1) is 0 Å². The van der Waals surface area contributed by atoms with Crippen LogP contribution in [-0.4, -0.2) is 4.57 Å². The summed E-state index contributed by atoms with van der Waals surface area (Å²) in [5.74, 6) is 0. The van der Waals surface area contributed by atoms with Crippen molar-refractivity contribution in [3.05, 3.63) is 263 Å². The van der Waals surface area contributed by atoms with Gasteiger partial charge in [-0.2, -0.15) is 4.57 Å². The SMILES string of the molecule is CC1(C)c2ccccc2-c2cc[n+](C3c4ccccc4-c4ccc(-c5ccc6c(c5)c5ccccc5n6-c5ccc(-c6ccccc6)cc5)cc43)cc21.CC1(C)c2ccccc2-c2ccc(Br)cc21. The Kier molecular flexibility index (Phi) is 9.48. The second-order valence-electron chi connectivity index (χ2n) is 20.0. The molecule has 69 heavy (non-hydrogen) atoms. The molecular formula is C66H50BrN2+. The van der Waals surface area contributed by atoms with E-state index < -0.39 is 0 Å². The molecule has 0 amide bonds. The first-order valence-electron chi connectivity index (χ1n) is 24.1. The van der Waals surface area contributed by atoms with Crippen molar-refractivity contribution in [1.82, 2.24) is 4.57 Å². The first-order valence-corrected chi connectivity index (χ1v) is 24.9. The molecule has 0 spiro atoms. The van der Waals surface area contributed by atoms with Crippen LogP contribution in [0.25, 0.3) is 83.1 Å². The molecule has 2 nitrogen and oxygen atoms in total. The topological polar surface area (TPSA) is 8.81 Å². The fraction of sp³-hybridized carbons (Fsp3) is 0.106. The monoisotopic (exact) mass is 949 g/mol. The van der Waals surface area contributed by atoms with E-state index >= 15 is 0 Å². The maximum Gasteiger partial charge on any atom is 0.210 e. The normalized spacial score (nSPS) is 15.1. The van der Waals surface area contributed by atoms with Crippen LogP contribution in [0, 0.1) is 0 Å². The van der Waals surface area contributed by atoms with E-state index in [2.05, 4.69) is 277 Å². The van der Waals surface area contributed by atoms with Gasteiger partial charge in [0.05, 0.1) is 11.0 Å². The zero-order chi connectivity index (χ0) is 46.6. The summed E-state index contributed by atoms with van der Waals surface area (Å²) in [5, 5.41) is 2.53. The van der Waals surface area contributed by atoms with Crippen molar-refractivity contribution < 1.29 is 4.57 Å². The number of pyridine rings is 1. The lowest BCUT2D eigenvalue weighted by molar-refractivity contribution is -0.704. The molecule has 2 aromatic heterocycles. The van der Waals surface area contributed by atoms with Crippen LogP contribution in [0.15, 0.2) is 229 Å². The van der Waals surface area contributed by atoms with E-state index in [1.807, 2.05) is 0 Å². The molecule has 9 aromatic carbocycles. The summed E-state index contributed by atoms with van der Waals surface area (Å²) >= 11 is 3.56. The summed E-state index contributed by atoms with van der Waals surface area (Å²) < 4.78 is 6.02. The number of aromatic nitrogens is 2. The Morgan fingerprint density at radius 2 is 0.928 bits per heavy atom. The second kappa shape index (κ2) is 15.7. The van der Waals surface area contributed by atoms with Crippen molar-refractivity contribution >= 4 is 37.7 Å². The van der Waals surface area contributed by atoms with Gasteiger partial charge in [-0.05, 0) is 121 Å². The number of para-hydroxylation sites is 1. The molecule has 0 saturated heterocycles. The molecule has 1 atom stereocenters. The fourth-order valence-electron chi connectivity index (χ4n) is 12.0. The fourth-order valence-corrected chi connectivity index (χ4v) is 12.4. The van der Waals surface area contributed by atoms with Crippen molar-refractivity contribution in [1.29, 1.82) is 0 Å². The Hall–Kier alpha value is -7.59. The molecule has 3 aliphatic carbocycles. The van der Waals surface area contributed by atoms with E-state index in [9.17, 15) is 0 Å². The third kappa shape index (κ3) is 6.48. The predicted octanol–water partition coefficient (Wildman–Crippen LogP) is 17.1. The van der Waals surface area contributed by atoms with Gasteiger partial charge in [0.1, 0.15) is 0 Å². The maximum absolute atomic E-state index is 3.56. The van der Waals surface area contributed by atoms with Gasteiger partial charge in [-0.25, -0.2) is 0 Å². The molecule has 330 valence electrons. The van der Waals surface area contributed by atoms with E-state index in [0.717, 1.165) is 4.47 Å². The minimum Gasteiger partial charge on any atom is -0.309 e. The number of benzene rings is 9. The average Bonchev–Trinajstić information content (AvgIpc) is 4.05. The first-order chi connectivity index (χ1) is 33.6. The highest BCUT2D eigenvalue weighted by atomic mass is 79.9. The van der Waals surface area contributed by atoms with Crippen LogP contribution < -0.4 is 4.57 Å². The number of hydrogen-bond donors (Lipinski definition) is 0. The largest absolute Gasteiger partial charge is 0.309 e. The van der Waals surface area contributed by atoms with Crippen molar-refractivity contribution in [2.45, 2.75) is 44.6 Å². The van der Waals surface area contributed by atoms with Crippen molar-refractivity contribution in [2.24, 2.45) is 0 Å². The molecule has 2 heterocycles. The summed E-state index contributed by atoms with van der Waals surface area (Å²) in [4.78, 5) is 0. The Balaban J connectivity index is 0.000000247. The van der Waals surface area contributed by atoms with E-state index in [1.54, 1.807) is 0 Å². The zero-order valence-electron chi connectivity index (χ0n) is 39.2. The molecule has 0 saturated carbocycles. The van der Waals surface area contributed by atoms with Gasteiger partial charge < -0.3 is 4.57 Å². The van der Waals surface area contributed by atoms with Gasteiger partial charge in [0.2, 0.25) is 6.04 Å². The summed E-state index contributed by atoms with van der Waals surface area (Å²) in [6, 6.07) is 78.0. The lowest BCUT2D eigenvalue weighted by Crippen LogP contribution is -2.40. The summed E-state index contributed by atoms with van der Waals surface area (Å²) in [7, 11) is 0. The van der Waals surface area contributed by atoms with Gasteiger partial charge in [0.15, 0.2) is 12.4 Å². The van der Waals surface area contributed by atoms with Gasteiger partial charge in [0.25, 0.3) is 0 Å². The van der Waals surface area contributed by atoms with Crippen LogP contribution in [0.3, 0.4) is 0 Å². The molecule has 3 heteroatoms. The van der Waals surface area contributed by atoms with Gasteiger partial charge in [0, 0.05) is 54.5 Å². The molecule has 11 aromatic rings. The Morgan fingerprint density at radius 1 is 0.391 bits per heavy atom. The maximum atomic E-state index is 3.56. The smallest absolute Gasteiger partial charge is 0.210 e. The Labute approximate surface area is 413 Å². The predicted molar refractivity (Wildman–Crippen MR) is 290 cm³/mol.